The zero-order chi connectivity index (χ0) is 18.0. The van der Waals surface area contributed by atoms with Crippen molar-refractivity contribution in [3.05, 3.63) is 24.0 Å². The number of hydrogen-bond donors (Lipinski definition) is 1. The lowest BCUT2D eigenvalue weighted by Gasteiger charge is -2.21. The average molecular weight is 359 g/mol. The number of nitrogens with zero attached hydrogens (tertiary/aromatic N) is 4. The Hall–Kier alpha value is -2.55. The lowest BCUT2D eigenvalue weighted by atomic mass is 9.96. The van der Waals surface area contributed by atoms with Crippen LogP contribution in [0.1, 0.15) is 36.0 Å². The third-order valence-corrected chi connectivity index (χ3v) is 5.05. The van der Waals surface area contributed by atoms with Crippen molar-refractivity contribution >= 4 is 17.5 Å². The van der Waals surface area contributed by atoms with Gasteiger partial charge in [-0.25, -0.2) is 0 Å². The summed E-state index contributed by atoms with van der Waals surface area (Å²) in [6.45, 7) is 2.21. The number of oxime groups is 1. The number of nitrogens with one attached hydrogen (secondary N) is 1. The maximum Gasteiger partial charge on any atom is 0.269 e. The molecule has 1 spiro atoms. The van der Waals surface area contributed by atoms with Gasteiger partial charge in [0.25, 0.3) is 11.8 Å². The second kappa shape index (κ2) is 6.99. The van der Waals surface area contributed by atoms with Crippen LogP contribution in [0.25, 0.3) is 0 Å². The molecule has 1 N–H and O–H groups in total. The van der Waals surface area contributed by atoms with Crippen molar-refractivity contribution in [3.63, 3.8) is 0 Å². The zero-order valence-corrected chi connectivity index (χ0v) is 14.4. The van der Waals surface area contributed by atoms with E-state index >= 15 is 0 Å². The van der Waals surface area contributed by atoms with Gasteiger partial charge in [-0.1, -0.05) is 5.16 Å². The highest BCUT2D eigenvalue weighted by atomic mass is 16.7. The maximum atomic E-state index is 12.5. The van der Waals surface area contributed by atoms with E-state index in [2.05, 4.69) is 20.7 Å². The number of ether oxygens (including phenoxy) is 1. The Kier molecular flexibility index (Phi) is 4.54. The summed E-state index contributed by atoms with van der Waals surface area (Å²) >= 11 is 0. The minimum Gasteiger partial charge on any atom is -0.386 e. The summed E-state index contributed by atoms with van der Waals surface area (Å²) in [5.41, 5.74) is 0.264. The molecule has 0 aliphatic carbocycles. The van der Waals surface area contributed by atoms with Gasteiger partial charge in [0.1, 0.15) is 5.71 Å². The van der Waals surface area contributed by atoms with Crippen molar-refractivity contribution in [2.24, 2.45) is 5.16 Å². The van der Waals surface area contributed by atoms with Crippen molar-refractivity contribution in [1.29, 1.82) is 0 Å². The Labute approximate surface area is 150 Å². The molecule has 1 aromatic heterocycles. The fraction of sp³-hybridized carbons (Fsp3) is 0.588. The molecule has 4 rings (SSSR count). The quantitative estimate of drug-likeness (QED) is 0.819. The Morgan fingerprint density at radius 1 is 1.38 bits per heavy atom. The summed E-state index contributed by atoms with van der Waals surface area (Å²) < 4.78 is 5.50. The summed E-state index contributed by atoms with van der Waals surface area (Å²) in [6.07, 6.45) is 6.07. The van der Waals surface area contributed by atoms with Gasteiger partial charge in [0.15, 0.2) is 5.60 Å². The van der Waals surface area contributed by atoms with Crippen molar-refractivity contribution in [1.82, 2.24) is 20.4 Å². The second-order valence-electron chi connectivity index (χ2n) is 6.94. The Morgan fingerprint density at radius 3 is 3.08 bits per heavy atom. The predicted octanol–water partition coefficient (Wildman–Crippen LogP) is 0.133. The molecule has 138 valence electrons. The summed E-state index contributed by atoms with van der Waals surface area (Å²) in [7, 11) is 0. The van der Waals surface area contributed by atoms with Crippen LogP contribution < -0.4 is 5.32 Å². The average Bonchev–Trinajstić information content (AvgIpc) is 3.42. The maximum absolute atomic E-state index is 12.5. The first-order chi connectivity index (χ1) is 12.7. The predicted molar refractivity (Wildman–Crippen MR) is 90.4 cm³/mol. The van der Waals surface area contributed by atoms with Gasteiger partial charge in [0, 0.05) is 32.5 Å². The molecule has 3 aliphatic heterocycles. The van der Waals surface area contributed by atoms with Crippen molar-refractivity contribution in [2.75, 3.05) is 26.2 Å². The molecule has 4 heterocycles. The lowest BCUT2D eigenvalue weighted by Crippen LogP contribution is -2.40. The van der Waals surface area contributed by atoms with E-state index < -0.39 is 5.60 Å². The smallest absolute Gasteiger partial charge is 0.269 e. The van der Waals surface area contributed by atoms with Gasteiger partial charge < -0.3 is 19.8 Å². The number of carbonyl (C=O) groups excluding carboxylic acids is 2. The minimum atomic E-state index is -0.605. The van der Waals surface area contributed by atoms with Crippen LogP contribution in [0.2, 0.25) is 0 Å². The van der Waals surface area contributed by atoms with Crippen LogP contribution in [0, 0.1) is 0 Å². The monoisotopic (exact) mass is 359 g/mol. The molecule has 2 atom stereocenters. The molecule has 9 nitrogen and oxygen atoms in total. The highest BCUT2D eigenvalue weighted by Gasteiger charge is 2.48. The summed E-state index contributed by atoms with van der Waals surface area (Å²) in [6, 6.07) is 1.64. The molecular weight excluding hydrogens is 338 g/mol. The second-order valence-corrected chi connectivity index (χ2v) is 6.94. The van der Waals surface area contributed by atoms with E-state index in [1.165, 1.54) is 12.4 Å². The summed E-state index contributed by atoms with van der Waals surface area (Å²) in [5, 5.41) is 14.3. The molecule has 0 bridgehead atoms. The van der Waals surface area contributed by atoms with E-state index in [1.807, 2.05) is 0 Å². The molecule has 3 aliphatic rings. The number of carbonyl (C=O) groups is 2. The SMILES string of the molecule is O=C(NC[C@H]1CCCO1)C1=NO[C@]2(CCN(C(=O)c3ccnnc3)C2)C1. The number of likely N-dealkylation sites (tertiary alicyclic amines) is 1. The molecule has 0 aromatic carbocycles. The molecule has 2 amide bonds. The summed E-state index contributed by atoms with van der Waals surface area (Å²) in [5.74, 6) is -0.336. The lowest BCUT2D eigenvalue weighted by molar-refractivity contribution is -0.115. The normalized spacial score (nSPS) is 27.5. The van der Waals surface area contributed by atoms with Crippen molar-refractivity contribution < 1.29 is 19.2 Å². The molecule has 0 unspecified atom stereocenters. The fourth-order valence-electron chi connectivity index (χ4n) is 3.59. The van der Waals surface area contributed by atoms with Gasteiger partial charge in [-0.15, -0.1) is 0 Å². The van der Waals surface area contributed by atoms with E-state index in [4.69, 9.17) is 9.57 Å². The van der Waals surface area contributed by atoms with Gasteiger partial charge >= 0.3 is 0 Å². The number of amides is 2. The number of rotatable bonds is 4. The zero-order valence-electron chi connectivity index (χ0n) is 14.4. The van der Waals surface area contributed by atoms with Gasteiger partial charge in [0.05, 0.1) is 30.6 Å². The molecule has 2 fully saturated rings. The molecule has 9 heteroatoms. The Bertz CT molecular complexity index is 719. The van der Waals surface area contributed by atoms with Crippen molar-refractivity contribution in [3.8, 4) is 0 Å². The third-order valence-electron chi connectivity index (χ3n) is 5.05. The molecule has 0 saturated carbocycles. The van der Waals surface area contributed by atoms with Crippen LogP contribution in [0.15, 0.2) is 23.6 Å². The van der Waals surface area contributed by atoms with Crippen LogP contribution in [0.4, 0.5) is 0 Å². The molecule has 2 saturated heterocycles. The highest BCUT2D eigenvalue weighted by Crippen LogP contribution is 2.34. The van der Waals surface area contributed by atoms with Crippen LogP contribution >= 0.6 is 0 Å². The van der Waals surface area contributed by atoms with E-state index in [1.54, 1.807) is 11.0 Å². The van der Waals surface area contributed by atoms with Gasteiger partial charge in [0.2, 0.25) is 0 Å². The van der Waals surface area contributed by atoms with Crippen LogP contribution in [-0.2, 0) is 14.4 Å². The third kappa shape index (κ3) is 3.39. The van der Waals surface area contributed by atoms with Crippen LogP contribution in [0.5, 0.6) is 0 Å². The largest absolute Gasteiger partial charge is 0.386 e. The number of aromatic nitrogens is 2. The van der Waals surface area contributed by atoms with E-state index in [0.29, 0.717) is 43.8 Å². The van der Waals surface area contributed by atoms with Gasteiger partial charge in [-0.3, -0.25) is 9.59 Å². The minimum absolute atomic E-state index is 0.0874. The first-order valence-electron chi connectivity index (χ1n) is 8.86. The van der Waals surface area contributed by atoms with Crippen LogP contribution in [-0.4, -0.2) is 70.6 Å². The molecule has 0 radical (unpaired) electrons. The topological polar surface area (TPSA) is 106 Å². The first-order valence-corrected chi connectivity index (χ1v) is 8.86. The van der Waals surface area contributed by atoms with Gasteiger partial charge in [-0.05, 0) is 18.9 Å². The van der Waals surface area contributed by atoms with Crippen LogP contribution in [0.3, 0.4) is 0 Å². The van der Waals surface area contributed by atoms with E-state index in [0.717, 1.165) is 19.4 Å². The standard InChI is InChI=1S/C17H21N5O4/c23-15(18-10-13-2-1-7-25-13)14-8-17(26-21-14)4-6-22(11-17)16(24)12-3-5-19-20-9-12/h3,5,9,13H,1-2,4,6-8,10-11H2,(H,18,23)/t13-,17-/m1/s1. The van der Waals surface area contributed by atoms with Crippen molar-refractivity contribution in [2.45, 2.75) is 37.4 Å². The molecular formula is C17H21N5O4. The Balaban J connectivity index is 1.31. The van der Waals surface area contributed by atoms with E-state index in [9.17, 15) is 9.59 Å². The molecule has 1 aromatic rings. The summed E-state index contributed by atoms with van der Waals surface area (Å²) in [4.78, 5) is 32.1. The first kappa shape index (κ1) is 16.9. The Morgan fingerprint density at radius 2 is 2.31 bits per heavy atom. The van der Waals surface area contributed by atoms with Gasteiger partial charge in [-0.2, -0.15) is 10.2 Å². The van der Waals surface area contributed by atoms with E-state index in [-0.39, 0.29) is 17.9 Å². The molecule has 26 heavy (non-hydrogen) atoms. The number of hydrogen-bond acceptors (Lipinski definition) is 7. The highest BCUT2D eigenvalue weighted by molar-refractivity contribution is 6.39. The fourth-order valence-corrected chi connectivity index (χ4v) is 3.59.